The molecule has 4 heterocycles. The first kappa shape index (κ1) is 22.4. The molecule has 0 saturated heterocycles. The van der Waals surface area contributed by atoms with Crippen LogP contribution in [-0.4, -0.2) is 12.4 Å². The van der Waals surface area contributed by atoms with Crippen molar-refractivity contribution in [3.05, 3.63) is 89.5 Å². The van der Waals surface area contributed by atoms with Crippen molar-refractivity contribution in [2.75, 3.05) is 9.80 Å². The molecule has 5 aliphatic rings. The van der Waals surface area contributed by atoms with E-state index in [0.717, 1.165) is 0 Å². The molecule has 0 amide bonds. The summed E-state index contributed by atoms with van der Waals surface area (Å²) in [5.41, 5.74) is 17.5. The lowest BCUT2D eigenvalue weighted by molar-refractivity contribution is 0.443. The molecule has 0 atom stereocenters. The highest BCUT2D eigenvalue weighted by Crippen LogP contribution is 2.57. The topological polar surface area (TPSA) is 6.48 Å². The Morgan fingerprint density at radius 2 is 1.44 bits per heavy atom. The number of nitrogens with zero attached hydrogens (tertiary/aromatic N) is 2. The average molecular weight is 507 g/mol. The second-order valence-electron chi connectivity index (χ2n) is 13.6. The number of para-hydroxylation sites is 1. The summed E-state index contributed by atoms with van der Waals surface area (Å²) in [6, 6.07) is 28.3. The Balaban J connectivity index is 1.41. The van der Waals surface area contributed by atoms with Crippen LogP contribution < -0.4 is 26.2 Å². The predicted molar refractivity (Wildman–Crippen MR) is 166 cm³/mol. The summed E-state index contributed by atoms with van der Waals surface area (Å²) in [5.74, 6) is 0.677. The van der Waals surface area contributed by atoms with Gasteiger partial charge in [-0.1, -0.05) is 87.1 Å². The molecule has 1 fully saturated rings. The van der Waals surface area contributed by atoms with Crippen LogP contribution in [0.3, 0.4) is 0 Å². The number of benzene rings is 4. The minimum atomic E-state index is -0.234. The van der Waals surface area contributed by atoms with Crippen molar-refractivity contribution in [2.45, 2.75) is 76.8 Å². The van der Waals surface area contributed by atoms with Gasteiger partial charge >= 0.3 is 0 Å². The highest BCUT2D eigenvalue weighted by molar-refractivity contribution is 7.02. The van der Waals surface area contributed by atoms with Crippen molar-refractivity contribution >= 4 is 45.9 Å². The van der Waals surface area contributed by atoms with Gasteiger partial charge in [-0.05, 0) is 95.6 Å². The molecule has 0 spiro atoms. The van der Waals surface area contributed by atoms with Crippen LogP contribution in [0.25, 0.3) is 11.1 Å². The number of fused-ring (bicyclic) bond motifs is 2. The highest BCUT2D eigenvalue weighted by atomic mass is 15.5. The van der Waals surface area contributed by atoms with Crippen molar-refractivity contribution in [1.82, 2.24) is 0 Å². The van der Waals surface area contributed by atoms with Crippen molar-refractivity contribution in [2.24, 2.45) is 0 Å². The van der Waals surface area contributed by atoms with E-state index in [0.29, 0.717) is 12.6 Å². The largest absolute Gasteiger partial charge is 0.317 e. The zero-order valence-electron chi connectivity index (χ0n) is 23.5. The van der Waals surface area contributed by atoms with Crippen LogP contribution in [0.4, 0.5) is 22.7 Å². The maximum Gasteiger partial charge on any atom is 0.249 e. The quantitative estimate of drug-likeness (QED) is 0.234. The fourth-order valence-electron chi connectivity index (χ4n) is 9.24. The smallest absolute Gasteiger partial charge is 0.249 e. The predicted octanol–water partition coefficient (Wildman–Crippen LogP) is 7.21. The van der Waals surface area contributed by atoms with Gasteiger partial charge in [0, 0.05) is 16.8 Å². The molecule has 0 N–H and O–H groups in total. The molecule has 39 heavy (non-hydrogen) atoms. The fraction of sp³-hybridized carbons (Fsp3) is 0.333. The second kappa shape index (κ2) is 7.19. The summed E-state index contributed by atoms with van der Waals surface area (Å²) in [6.07, 6.45) is 6.77. The van der Waals surface area contributed by atoms with Crippen LogP contribution in [0.1, 0.15) is 82.4 Å². The molecule has 4 aromatic carbocycles. The normalized spacial score (nSPS) is 20.5. The monoisotopic (exact) mass is 506 g/mol. The standard InChI is InChI=1S/C36H35BN2/c1-35(2)27-17-11-16-25-26-20-23(22-12-7-5-8-13-22)21-30-32(26)37(31(25)27)33-28(35)18-19-29-34(33)39(30)36(3,4)38(29)24-14-9-6-10-15-24/h6,9-11,14-22H,5,7-8,12-13H2,1-4H3. The van der Waals surface area contributed by atoms with Gasteiger partial charge in [0.1, 0.15) is 5.66 Å². The van der Waals surface area contributed by atoms with Gasteiger partial charge in [-0.15, -0.1) is 0 Å². The van der Waals surface area contributed by atoms with Gasteiger partial charge in [-0.3, -0.25) is 0 Å². The van der Waals surface area contributed by atoms with Gasteiger partial charge in [0.25, 0.3) is 0 Å². The van der Waals surface area contributed by atoms with E-state index in [1.54, 1.807) is 22.0 Å². The molecule has 0 radical (unpaired) electrons. The number of hydrogen-bond acceptors (Lipinski definition) is 2. The molecule has 3 heteroatoms. The highest BCUT2D eigenvalue weighted by Gasteiger charge is 2.57. The van der Waals surface area contributed by atoms with Crippen LogP contribution >= 0.6 is 0 Å². The summed E-state index contributed by atoms with van der Waals surface area (Å²) in [4.78, 5) is 5.33. The minimum Gasteiger partial charge on any atom is -0.317 e. The summed E-state index contributed by atoms with van der Waals surface area (Å²) < 4.78 is 0. The van der Waals surface area contributed by atoms with Gasteiger partial charge in [0.2, 0.25) is 6.71 Å². The van der Waals surface area contributed by atoms with E-state index in [2.05, 4.69) is 110 Å². The first-order chi connectivity index (χ1) is 18.9. The Morgan fingerprint density at radius 1 is 0.667 bits per heavy atom. The fourth-order valence-corrected chi connectivity index (χ4v) is 9.24. The van der Waals surface area contributed by atoms with Gasteiger partial charge in [0.05, 0.1) is 11.4 Å². The molecule has 192 valence electrons. The Labute approximate surface area is 232 Å². The zero-order chi connectivity index (χ0) is 26.3. The van der Waals surface area contributed by atoms with E-state index >= 15 is 0 Å². The molecule has 0 unspecified atom stereocenters. The van der Waals surface area contributed by atoms with Gasteiger partial charge in [-0.2, -0.15) is 0 Å². The maximum atomic E-state index is 2.74. The van der Waals surface area contributed by atoms with E-state index in [-0.39, 0.29) is 11.1 Å². The number of hydrogen-bond donors (Lipinski definition) is 0. The molecular weight excluding hydrogens is 471 g/mol. The third-order valence-electron chi connectivity index (χ3n) is 10.9. The Bertz CT molecular complexity index is 1710. The third-order valence-corrected chi connectivity index (χ3v) is 10.9. The summed E-state index contributed by atoms with van der Waals surface area (Å²) in [7, 11) is 0. The summed E-state index contributed by atoms with van der Waals surface area (Å²) in [5, 5.41) is 0. The maximum absolute atomic E-state index is 2.74. The molecule has 2 nitrogen and oxygen atoms in total. The molecular formula is C36H35BN2. The van der Waals surface area contributed by atoms with Crippen LogP contribution in [0, 0.1) is 0 Å². The molecule has 9 rings (SSSR count). The Hall–Kier alpha value is -3.46. The van der Waals surface area contributed by atoms with Crippen LogP contribution in [-0.2, 0) is 5.41 Å². The lowest BCUT2D eigenvalue weighted by atomic mass is 9.32. The van der Waals surface area contributed by atoms with Gasteiger partial charge in [-0.25, -0.2) is 0 Å². The SMILES string of the molecule is CC1(C)c2cccc3c2B2c4c-3cc(C3CCCCC3)cc4N3c4c(ccc1c42)N(c1ccccc1)C3(C)C. The van der Waals surface area contributed by atoms with E-state index in [1.807, 2.05) is 0 Å². The van der Waals surface area contributed by atoms with E-state index in [4.69, 9.17) is 0 Å². The first-order valence-electron chi connectivity index (χ1n) is 15.0. The van der Waals surface area contributed by atoms with Crippen LogP contribution in [0.15, 0.2) is 72.8 Å². The van der Waals surface area contributed by atoms with Gasteiger partial charge in [0.15, 0.2) is 0 Å². The van der Waals surface area contributed by atoms with Crippen molar-refractivity contribution < 1.29 is 0 Å². The third kappa shape index (κ3) is 2.56. The van der Waals surface area contributed by atoms with E-state index in [9.17, 15) is 0 Å². The average Bonchev–Trinajstić information content (AvgIpc) is 3.41. The molecule has 4 aliphatic heterocycles. The summed E-state index contributed by atoms with van der Waals surface area (Å²) >= 11 is 0. The number of anilines is 4. The van der Waals surface area contributed by atoms with E-state index < -0.39 is 0 Å². The minimum absolute atomic E-state index is 0.0338. The zero-order valence-corrected chi connectivity index (χ0v) is 23.5. The molecule has 0 bridgehead atoms. The Kier molecular flexibility index (Phi) is 4.12. The van der Waals surface area contributed by atoms with Crippen LogP contribution in [0.2, 0.25) is 0 Å². The van der Waals surface area contributed by atoms with E-state index in [1.165, 1.54) is 77.1 Å². The lowest BCUT2D eigenvalue weighted by Gasteiger charge is -2.46. The lowest BCUT2D eigenvalue weighted by Crippen LogP contribution is -2.63. The number of rotatable bonds is 2. The van der Waals surface area contributed by atoms with Crippen molar-refractivity contribution in [3.8, 4) is 11.1 Å². The molecule has 4 aromatic rings. The Morgan fingerprint density at radius 3 is 2.23 bits per heavy atom. The molecule has 1 saturated carbocycles. The van der Waals surface area contributed by atoms with Crippen LogP contribution in [0.5, 0.6) is 0 Å². The van der Waals surface area contributed by atoms with Gasteiger partial charge < -0.3 is 9.80 Å². The van der Waals surface area contributed by atoms with Crippen molar-refractivity contribution in [3.63, 3.8) is 0 Å². The second-order valence-corrected chi connectivity index (χ2v) is 13.6. The first-order valence-corrected chi connectivity index (χ1v) is 15.0. The molecule has 1 aliphatic carbocycles. The van der Waals surface area contributed by atoms with Crippen molar-refractivity contribution in [1.29, 1.82) is 0 Å². The molecule has 0 aromatic heterocycles. The summed E-state index contributed by atoms with van der Waals surface area (Å²) in [6.45, 7) is 10.1.